The second-order valence-electron chi connectivity index (χ2n) is 2.39. The average Bonchev–Trinajstić information content (AvgIpc) is 2.47. The lowest BCUT2D eigenvalue weighted by atomic mass is 10.2. The van der Waals surface area contributed by atoms with Gasteiger partial charge >= 0.3 is 5.97 Å². The summed E-state index contributed by atoms with van der Waals surface area (Å²) >= 11 is 0. The van der Waals surface area contributed by atoms with Crippen molar-refractivity contribution >= 4 is 11.9 Å². The lowest BCUT2D eigenvalue weighted by Crippen LogP contribution is -2.34. The highest BCUT2D eigenvalue weighted by atomic mass is 16.6. The van der Waals surface area contributed by atoms with Crippen LogP contribution >= 0.6 is 0 Å². The molecule has 1 saturated heterocycles. The molecule has 0 aromatic carbocycles. The second-order valence-corrected chi connectivity index (χ2v) is 2.39. The van der Waals surface area contributed by atoms with Crippen molar-refractivity contribution in [2.24, 2.45) is 0 Å². The summed E-state index contributed by atoms with van der Waals surface area (Å²) in [5, 5.41) is 10.5. The van der Waals surface area contributed by atoms with Gasteiger partial charge in [-0.15, -0.1) is 0 Å². The van der Waals surface area contributed by atoms with Crippen molar-refractivity contribution in [3.05, 3.63) is 0 Å². The predicted molar refractivity (Wildman–Crippen MR) is 37.7 cm³/mol. The summed E-state index contributed by atoms with van der Waals surface area (Å²) in [6, 6.07) is 1.76. The van der Waals surface area contributed by atoms with Crippen LogP contribution in [0.15, 0.2) is 0 Å². The van der Waals surface area contributed by atoms with E-state index in [0.717, 1.165) is 0 Å². The zero-order valence-corrected chi connectivity index (χ0v) is 6.37. The van der Waals surface area contributed by atoms with Gasteiger partial charge in [0.15, 0.2) is 6.10 Å². The molecular formula is C7H8N2O3. The van der Waals surface area contributed by atoms with E-state index in [1.54, 1.807) is 6.07 Å². The Kier molecular flexibility index (Phi) is 2.64. The van der Waals surface area contributed by atoms with Gasteiger partial charge in [0.1, 0.15) is 6.54 Å². The van der Waals surface area contributed by atoms with Gasteiger partial charge in [-0.1, -0.05) is 0 Å². The Bertz CT molecular complexity index is 244. The number of carbonyl (C=O) groups is 2. The Labute approximate surface area is 69.3 Å². The third-order valence-electron chi connectivity index (χ3n) is 1.52. The maximum Gasteiger partial charge on any atom is 0.306 e. The number of cyclic esters (lactones) is 1. The van der Waals surface area contributed by atoms with Crippen LogP contribution in [0.4, 0.5) is 0 Å². The minimum atomic E-state index is -0.689. The third kappa shape index (κ3) is 1.95. The van der Waals surface area contributed by atoms with Crippen molar-refractivity contribution < 1.29 is 14.3 Å². The van der Waals surface area contributed by atoms with Gasteiger partial charge in [-0.25, -0.2) is 0 Å². The number of rotatable bonds is 2. The summed E-state index contributed by atoms with van der Waals surface area (Å²) in [6.45, 7) is -0.0487. The van der Waals surface area contributed by atoms with Crippen LogP contribution in [-0.4, -0.2) is 24.5 Å². The van der Waals surface area contributed by atoms with Gasteiger partial charge in [0, 0.05) is 12.8 Å². The average molecular weight is 168 g/mol. The van der Waals surface area contributed by atoms with Crippen molar-refractivity contribution in [2.45, 2.75) is 18.9 Å². The number of amides is 1. The van der Waals surface area contributed by atoms with E-state index in [2.05, 4.69) is 10.1 Å². The summed E-state index contributed by atoms with van der Waals surface area (Å²) in [4.78, 5) is 21.6. The standard InChI is InChI=1S/C7H8N2O3/c8-3-4-9-7(11)5-1-2-6(10)12-5/h5H,1-2,4H2,(H,9,11). The molecule has 1 N–H and O–H groups in total. The summed E-state index contributed by atoms with van der Waals surface area (Å²) in [5.41, 5.74) is 0. The fourth-order valence-electron chi connectivity index (χ4n) is 0.951. The lowest BCUT2D eigenvalue weighted by Gasteiger charge is -2.06. The molecule has 0 aromatic heterocycles. The van der Waals surface area contributed by atoms with E-state index >= 15 is 0 Å². The highest BCUT2D eigenvalue weighted by molar-refractivity contribution is 5.86. The predicted octanol–water partition coefficient (Wildman–Crippen LogP) is -0.668. The number of hydrogen-bond acceptors (Lipinski definition) is 4. The van der Waals surface area contributed by atoms with Crippen LogP contribution in [0.25, 0.3) is 0 Å². The van der Waals surface area contributed by atoms with E-state index in [-0.39, 0.29) is 24.8 Å². The van der Waals surface area contributed by atoms with E-state index < -0.39 is 6.10 Å². The summed E-state index contributed by atoms with van der Waals surface area (Å²) < 4.78 is 4.66. The largest absolute Gasteiger partial charge is 0.452 e. The number of ether oxygens (including phenoxy) is 1. The molecule has 0 radical (unpaired) electrons. The van der Waals surface area contributed by atoms with E-state index in [1.807, 2.05) is 0 Å². The molecule has 0 bridgehead atoms. The van der Waals surface area contributed by atoms with Crippen LogP contribution < -0.4 is 5.32 Å². The van der Waals surface area contributed by atoms with Crippen molar-refractivity contribution in [1.82, 2.24) is 5.32 Å². The molecule has 5 nitrogen and oxygen atoms in total. The fourth-order valence-corrected chi connectivity index (χ4v) is 0.951. The quantitative estimate of drug-likeness (QED) is 0.438. The molecule has 1 aliphatic rings. The van der Waals surface area contributed by atoms with E-state index in [9.17, 15) is 9.59 Å². The number of nitrogens with one attached hydrogen (secondary N) is 1. The first-order chi connectivity index (χ1) is 5.74. The maximum absolute atomic E-state index is 11.0. The topological polar surface area (TPSA) is 79.2 Å². The van der Waals surface area contributed by atoms with Crippen LogP contribution in [-0.2, 0) is 14.3 Å². The van der Waals surface area contributed by atoms with Crippen LogP contribution in [0.5, 0.6) is 0 Å². The zero-order chi connectivity index (χ0) is 8.97. The van der Waals surface area contributed by atoms with Gasteiger partial charge in [-0.2, -0.15) is 5.26 Å². The molecule has 12 heavy (non-hydrogen) atoms. The highest BCUT2D eigenvalue weighted by Crippen LogP contribution is 2.13. The Morgan fingerprint density at radius 3 is 3.08 bits per heavy atom. The minimum absolute atomic E-state index is 0.0487. The van der Waals surface area contributed by atoms with E-state index in [4.69, 9.17) is 5.26 Å². The molecule has 1 atom stereocenters. The van der Waals surface area contributed by atoms with Crippen LogP contribution in [0.1, 0.15) is 12.8 Å². The smallest absolute Gasteiger partial charge is 0.306 e. The Morgan fingerprint density at radius 1 is 1.83 bits per heavy atom. The van der Waals surface area contributed by atoms with Crippen LogP contribution in [0, 0.1) is 11.3 Å². The molecular weight excluding hydrogens is 160 g/mol. The Balaban J connectivity index is 2.34. The molecule has 0 saturated carbocycles. The normalized spacial score (nSPS) is 21.2. The van der Waals surface area contributed by atoms with Crippen molar-refractivity contribution in [3.8, 4) is 6.07 Å². The molecule has 1 unspecified atom stereocenters. The van der Waals surface area contributed by atoms with Gasteiger partial charge in [-0.3, -0.25) is 9.59 Å². The van der Waals surface area contributed by atoms with E-state index in [1.165, 1.54) is 0 Å². The first-order valence-corrected chi connectivity index (χ1v) is 3.58. The Morgan fingerprint density at radius 2 is 2.58 bits per heavy atom. The molecule has 1 fully saturated rings. The molecule has 1 amide bonds. The summed E-state index contributed by atoms with van der Waals surface area (Å²) in [6.07, 6.45) is 0.00615. The van der Waals surface area contributed by atoms with E-state index in [0.29, 0.717) is 6.42 Å². The zero-order valence-electron chi connectivity index (χ0n) is 6.37. The number of hydrogen-bond donors (Lipinski definition) is 1. The molecule has 0 aromatic rings. The highest BCUT2D eigenvalue weighted by Gasteiger charge is 2.29. The molecule has 1 aliphatic heterocycles. The Hall–Kier alpha value is -1.57. The van der Waals surface area contributed by atoms with Crippen molar-refractivity contribution in [1.29, 1.82) is 5.26 Å². The number of esters is 1. The molecule has 1 heterocycles. The second kappa shape index (κ2) is 3.72. The SMILES string of the molecule is N#CCNC(=O)C1CCC(=O)O1. The third-order valence-corrected chi connectivity index (χ3v) is 1.52. The minimum Gasteiger partial charge on any atom is -0.452 e. The monoisotopic (exact) mass is 168 g/mol. The molecule has 64 valence electrons. The fraction of sp³-hybridized carbons (Fsp3) is 0.571. The van der Waals surface area contributed by atoms with Gasteiger partial charge in [0.2, 0.25) is 0 Å². The maximum atomic E-state index is 11.0. The molecule has 0 aliphatic carbocycles. The van der Waals surface area contributed by atoms with Gasteiger partial charge in [0.05, 0.1) is 6.07 Å². The lowest BCUT2D eigenvalue weighted by molar-refractivity contribution is -0.148. The molecule has 0 spiro atoms. The van der Waals surface area contributed by atoms with Crippen molar-refractivity contribution in [2.75, 3.05) is 6.54 Å². The molecule has 1 rings (SSSR count). The van der Waals surface area contributed by atoms with Crippen LogP contribution in [0.2, 0.25) is 0 Å². The summed E-state index contributed by atoms with van der Waals surface area (Å²) in [7, 11) is 0. The first kappa shape index (κ1) is 8.53. The first-order valence-electron chi connectivity index (χ1n) is 3.58. The number of nitrogens with zero attached hydrogens (tertiary/aromatic N) is 1. The number of nitriles is 1. The van der Waals surface area contributed by atoms with Gasteiger partial charge in [-0.05, 0) is 0 Å². The van der Waals surface area contributed by atoms with Crippen LogP contribution in [0.3, 0.4) is 0 Å². The number of carbonyl (C=O) groups excluding carboxylic acids is 2. The van der Waals surface area contributed by atoms with Gasteiger partial charge < -0.3 is 10.1 Å². The van der Waals surface area contributed by atoms with Crippen molar-refractivity contribution in [3.63, 3.8) is 0 Å². The summed E-state index contributed by atoms with van der Waals surface area (Å²) in [5.74, 6) is -0.741. The van der Waals surface area contributed by atoms with Gasteiger partial charge in [0.25, 0.3) is 5.91 Å². The molecule has 5 heteroatoms.